The Morgan fingerprint density at radius 3 is 2.89 bits per heavy atom. The minimum Gasteiger partial charge on any atom is -0.330 e. The molecule has 0 aliphatic heterocycles. The Balaban J connectivity index is 1.70. The SMILES string of the molecule is CC1CCC(CN)(CNCCc2cscn2)CC1. The normalized spacial score (nSPS) is 28.4. The van der Waals surface area contributed by atoms with Gasteiger partial charge in [0.15, 0.2) is 0 Å². The fourth-order valence-electron chi connectivity index (χ4n) is 2.76. The molecule has 1 saturated carbocycles. The average Bonchev–Trinajstić information content (AvgIpc) is 2.90. The van der Waals surface area contributed by atoms with Gasteiger partial charge in [0, 0.05) is 24.9 Å². The molecule has 102 valence electrons. The maximum Gasteiger partial charge on any atom is 0.0794 e. The van der Waals surface area contributed by atoms with Crippen LogP contribution in [-0.4, -0.2) is 24.6 Å². The van der Waals surface area contributed by atoms with Crippen molar-refractivity contribution in [2.75, 3.05) is 19.6 Å². The standard InChI is InChI=1S/C14H25N3S/c1-12-2-5-14(9-15,6-3-12)10-16-7-4-13-8-18-11-17-13/h8,11-12,16H,2-7,9-10,15H2,1H3. The van der Waals surface area contributed by atoms with Crippen LogP contribution in [0.3, 0.4) is 0 Å². The lowest BCUT2D eigenvalue weighted by Gasteiger charge is -2.38. The van der Waals surface area contributed by atoms with E-state index >= 15 is 0 Å². The Bertz CT molecular complexity index is 329. The molecule has 1 fully saturated rings. The van der Waals surface area contributed by atoms with E-state index < -0.39 is 0 Å². The first-order chi connectivity index (χ1) is 8.74. The molecule has 1 aliphatic carbocycles. The molecule has 0 unspecified atom stereocenters. The summed E-state index contributed by atoms with van der Waals surface area (Å²) >= 11 is 1.67. The highest BCUT2D eigenvalue weighted by atomic mass is 32.1. The maximum absolute atomic E-state index is 6.01. The zero-order valence-electron chi connectivity index (χ0n) is 11.3. The van der Waals surface area contributed by atoms with Crippen LogP contribution in [0.25, 0.3) is 0 Å². The van der Waals surface area contributed by atoms with Crippen molar-refractivity contribution in [3.8, 4) is 0 Å². The molecule has 0 spiro atoms. The van der Waals surface area contributed by atoms with E-state index in [1.54, 1.807) is 11.3 Å². The van der Waals surface area contributed by atoms with Crippen molar-refractivity contribution < 1.29 is 0 Å². The first-order valence-corrected chi connectivity index (χ1v) is 7.96. The molecule has 0 atom stereocenters. The molecule has 1 aromatic rings. The van der Waals surface area contributed by atoms with Crippen LogP contribution in [0.4, 0.5) is 0 Å². The van der Waals surface area contributed by atoms with E-state index in [1.807, 2.05) is 5.51 Å². The van der Waals surface area contributed by atoms with Crippen molar-refractivity contribution in [1.29, 1.82) is 0 Å². The van der Waals surface area contributed by atoms with Crippen molar-refractivity contribution in [3.05, 3.63) is 16.6 Å². The predicted octanol–water partition coefficient (Wildman–Crippen LogP) is 2.43. The third-order valence-corrected chi connectivity index (χ3v) is 4.94. The monoisotopic (exact) mass is 267 g/mol. The summed E-state index contributed by atoms with van der Waals surface area (Å²) in [5.74, 6) is 0.889. The summed E-state index contributed by atoms with van der Waals surface area (Å²) < 4.78 is 0. The van der Waals surface area contributed by atoms with Gasteiger partial charge in [-0.3, -0.25) is 0 Å². The van der Waals surface area contributed by atoms with Crippen LogP contribution in [0.2, 0.25) is 0 Å². The smallest absolute Gasteiger partial charge is 0.0794 e. The minimum absolute atomic E-state index is 0.356. The van der Waals surface area contributed by atoms with E-state index in [4.69, 9.17) is 5.73 Å². The third-order valence-electron chi connectivity index (χ3n) is 4.31. The molecule has 18 heavy (non-hydrogen) atoms. The number of nitrogens with two attached hydrogens (primary N) is 1. The Hall–Kier alpha value is -0.450. The molecule has 1 aliphatic rings. The van der Waals surface area contributed by atoms with E-state index in [0.717, 1.165) is 32.0 Å². The van der Waals surface area contributed by atoms with Crippen molar-refractivity contribution in [1.82, 2.24) is 10.3 Å². The molecule has 4 heteroatoms. The number of rotatable bonds is 6. The Labute approximate surface area is 114 Å². The molecule has 0 saturated heterocycles. The zero-order valence-corrected chi connectivity index (χ0v) is 12.1. The molecule has 1 heterocycles. The van der Waals surface area contributed by atoms with Crippen LogP contribution >= 0.6 is 11.3 Å². The second kappa shape index (κ2) is 6.64. The van der Waals surface area contributed by atoms with Gasteiger partial charge in [0.1, 0.15) is 0 Å². The van der Waals surface area contributed by atoms with Crippen LogP contribution in [-0.2, 0) is 6.42 Å². The van der Waals surface area contributed by atoms with Crippen molar-refractivity contribution in [3.63, 3.8) is 0 Å². The Morgan fingerprint density at radius 2 is 2.28 bits per heavy atom. The number of nitrogens with zero attached hydrogens (tertiary/aromatic N) is 1. The Morgan fingerprint density at radius 1 is 1.50 bits per heavy atom. The van der Waals surface area contributed by atoms with Crippen LogP contribution in [0.1, 0.15) is 38.3 Å². The van der Waals surface area contributed by atoms with Gasteiger partial charge in [0.2, 0.25) is 0 Å². The van der Waals surface area contributed by atoms with E-state index in [1.165, 1.54) is 31.4 Å². The summed E-state index contributed by atoms with van der Waals surface area (Å²) in [4.78, 5) is 4.30. The lowest BCUT2D eigenvalue weighted by atomic mass is 9.71. The fourth-order valence-corrected chi connectivity index (χ4v) is 3.35. The van der Waals surface area contributed by atoms with E-state index in [9.17, 15) is 0 Å². The van der Waals surface area contributed by atoms with Gasteiger partial charge in [-0.15, -0.1) is 11.3 Å². The van der Waals surface area contributed by atoms with Crippen LogP contribution in [0, 0.1) is 11.3 Å². The zero-order chi connectivity index (χ0) is 12.8. The van der Waals surface area contributed by atoms with Gasteiger partial charge in [0.25, 0.3) is 0 Å². The van der Waals surface area contributed by atoms with Crippen LogP contribution in [0.15, 0.2) is 10.9 Å². The second-order valence-corrected chi connectivity index (χ2v) is 6.51. The topological polar surface area (TPSA) is 50.9 Å². The lowest BCUT2D eigenvalue weighted by molar-refractivity contribution is 0.160. The largest absolute Gasteiger partial charge is 0.330 e. The highest BCUT2D eigenvalue weighted by molar-refractivity contribution is 7.07. The van der Waals surface area contributed by atoms with Crippen molar-refractivity contribution in [2.45, 2.75) is 39.0 Å². The summed E-state index contributed by atoms with van der Waals surface area (Å²) in [6.45, 7) is 5.26. The number of aromatic nitrogens is 1. The van der Waals surface area contributed by atoms with Gasteiger partial charge in [-0.2, -0.15) is 0 Å². The number of hydrogen-bond acceptors (Lipinski definition) is 4. The molecule has 0 amide bonds. The average molecular weight is 267 g/mol. The van der Waals surface area contributed by atoms with Gasteiger partial charge in [0.05, 0.1) is 11.2 Å². The van der Waals surface area contributed by atoms with Crippen LogP contribution in [0.5, 0.6) is 0 Å². The predicted molar refractivity (Wildman–Crippen MR) is 77.8 cm³/mol. The highest BCUT2D eigenvalue weighted by Gasteiger charge is 2.32. The van der Waals surface area contributed by atoms with Crippen molar-refractivity contribution in [2.24, 2.45) is 17.1 Å². The molecule has 0 bridgehead atoms. The van der Waals surface area contributed by atoms with Gasteiger partial charge in [-0.25, -0.2) is 4.98 Å². The number of hydrogen-bond donors (Lipinski definition) is 2. The molecule has 0 aromatic carbocycles. The van der Waals surface area contributed by atoms with Gasteiger partial charge < -0.3 is 11.1 Å². The lowest BCUT2D eigenvalue weighted by Crippen LogP contribution is -2.43. The maximum atomic E-state index is 6.01. The number of nitrogens with one attached hydrogen (secondary N) is 1. The summed E-state index contributed by atoms with van der Waals surface area (Å²) in [5.41, 5.74) is 9.47. The summed E-state index contributed by atoms with van der Waals surface area (Å²) in [5, 5.41) is 5.71. The summed E-state index contributed by atoms with van der Waals surface area (Å²) in [6, 6.07) is 0. The van der Waals surface area contributed by atoms with Gasteiger partial charge in [-0.05, 0) is 30.7 Å². The first-order valence-electron chi connectivity index (χ1n) is 7.02. The summed E-state index contributed by atoms with van der Waals surface area (Å²) in [7, 11) is 0. The van der Waals surface area contributed by atoms with E-state index in [0.29, 0.717) is 5.41 Å². The molecule has 1 aromatic heterocycles. The molecule has 3 nitrogen and oxygen atoms in total. The van der Waals surface area contributed by atoms with Gasteiger partial charge in [-0.1, -0.05) is 19.8 Å². The molecule has 3 N–H and O–H groups in total. The fraction of sp³-hybridized carbons (Fsp3) is 0.786. The molecular weight excluding hydrogens is 242 g/mol. The molecular formula is C14H25N3S. The van der Waals surface area contributed by atoms with E-state index in [-0.39, 0.29) is 0 Å². The quantitative estimate of drug-likeness (QED) is 0.778. The third kappa shape index (κ3) is 3.77. The van der Waals surface area contributed by atoms with Crippen LogP contribution < -0.4 is 11.1 Å². The van der Waals surface area contributed by atoms with Gasteiger partial charge >= 0.3 is 0 Å². The first kappa shape index (κ1) is 14.0. The molecule has 2 rings (SSSR count). The number of thiazole rings is 1. The minimum atomic E-state index is 0.356. The molecule has 0 radical (unpaired) electrons. The summed E-state index contributed by atoms with van der Waals surface area (Å²) in [6.07, 6.45) is 6.28. The Kier molecular flexibility index (Phi) is 5.15. The second-order valence-electron chi connectivity index (χ2n) is 5.79. The highest BCUT2D eigenvalue weighted by Crippen LogP contribution is 2.37. The van der Waals surface area contributed by atoms with Crippen molar-refractivity contribution >= 4 is 11.3 Å². The van der Waals surface area contributed by atoms with E-state index in [2.05, 4.69) is 22.6 Å².